The van der Waals surface area contributed by atoms with Crippen molar-refractivity contribution in [1.29, 1.82) is 5.26 Å². The Kier molecular flexibility index (Phi) is 4.43. The van der Waals surface area contributed by atoms with Gasteiger partial charge in [-0.15, -0.1) is 0 Å². The lowest BCUT2D eigenvalue weighted by atomic mass is 10.1. The summed E-state index contributed by atoms with van der Waals surface area (Å²) in [5.41, 5.74) is 1.82. The maximum absolute atomic E-state index is 12.0. The van der Waals surface area contributed by atoms with Crippen LogP contribution in [0.15, 0.2) is 29.8 Å². The molecule has 1 N–H and O–H groups in total. The molecule has 0 bridgehead atoms. The number of nitriles is 1. The van der Waals surface area contributed by atoms with E-state index in [1.807, 2.05) is 37.3 Å². The minimum atomic E-state index is -3.05. The number of hydrogen-bond acceptors (Lipinski definition) is 4. The van der Waals surface area contributed by atoms with Crippen LogP contribution in [0, 0.1) is 18.3 Å². The maximum Gasteiger partial charge on any atom is 0.262 e. The van der Waals surface area contributed by atoms with Crippen molar-refractivity contribution in [3.05, 3.63) is 41.0 Å². The molecule has 0 aliphatic carbocycles. The van der Waals surface area contributed by atoms with Gasteiger partial charge in [-0.25, -0.2) is 8.42 Å². The number of nitrogens with one attached hydrogen (secondary N) is 1. The molecule has 1 amide bonds. The molecule has 21 heavy (non-hydrogen) atoms. The van der Waals surface area contributed by atoms with Gasteiger partial charge in [0.1, 0.15) is 11.6 Å². The number of carbonyl (C=O) groups excluding carboxylic acids is 1. The number of amides is 1. The van der Waals surface area contributed by atoms with Crippen LogP contribution in [-0.2, 0) is 14.6 Å². The van der Waals surface area contributed by atoms with Gasteiger partial charge in [0.05, 0.1) is 11.5 Å². The summed E-state index contributed by atoms with van der Waals surface area (Å²) in [4.78, 5) is 12.0. The summed E-state index contributed by atoms with van der Waals surface area (Å²) >= 11 is 0. The highest BCUT2D eigenvalue weighted by Gasteiger charge is 2.29. The second kappa shape index (κ2) is 6.10. The van der Waals surface area contributed by atoms with Gasteiger partial charge in [-0.05, 0) is 25.0 Å². The van der Waals surface area contributed by atoms with Crippen molar-refractivity contribution < 1.29 is 13.2 Å². The van der Waals surface area contributed by atoms with Crippen molar-refractivity contribution in [1.82, 2.24) is 5.32 Å². The molecule has 6 heteroatoms. The van der Waals surface area contributed by atoms with Crippen LogP contribution in [-0.4, -0.2) is 31.9 Å². The Hall–Kier alpha value is -2.13. The Morgan fingerprint density at radius 2 is 2.05 bits per heavy atom. The molecule has 0 saturated carbocycles. The lowest BCUT2D eigenvalue weighted by molar-refractivity contribution is -0.117. The SMILES string of the molecule is Cc1ccc(C=C(C#N)C(=O)NC2CCS(=O)(=O)C2)cc1. The number of carbonyl (C=O) groups is 1. The van der Waals surface area contributed by atoms with Crippen LogP contribution < -0.4 is 5.32 Å². The van der Waals surface area contributed by atoms with E-state index in [4.69, 9.17) is 5.26 Å². The normalized spacial score (nSPS) is 20.8. The third-order valence-electron chi connectivity index (χ3n) is 3.32. The number of aryl methyl sites for hydroxylation is 1. The first-order valence-electron chi connectivity index (χ1n) is 6.59. The molecule has 1 aliphatic heterocycles. The van der Waals surface area contributed by atoms with E-state index in [2.05, 4.69) is 5.32 Å². The summed E-state index contributed by atoms with van der Waals surface area (Å²) in [6.07, 6.45) is 1.90. The first-order valence-corrected chi connectivity index (χ1v) is 8.41. The van der Waals surface area contributed by atoms with Crippen LogP contribution in [0.3, 0.4) is 0 Å². The Bertz CT molecular complexity index is 712. The van der Waals surface area contributed by atoms with Gasteiger partial charge >= 0.3 is 0 Å². The molecule has 1 aromatic carbocycles. The third-order valence-corrected chi connectivity index (χ3v) is 5.09. The predicted octanol–water partition coefficient (Wildman–Crippen LogP) is 1.21. The zero-order valence-electron chi connectivity index (χ0n) is 11.7. The largest absolute Gasteiger partial charge is 0.348 e. The van der Waals surface area contributed by atoms with Crippen molar-refractivity contribution in [3.8, 4) is 6.07 Å². The molecule has 0 aromatic heterocycles. The lowest BCUT2D eigenvalue weighted by Crippen LogP contribution is -2.36. The first-order chi connectivity index (χ1) is 9.89. The van der Waals surface area contributed by atoms with E-state index >= 15 is 0 Å². The monoisotopic (exact) mass is 304 g/mol. The molecular weight excluding hydrogens is 288 g/mol. The second-order valence-corrected chi connectivity index (χ2v) is 7.38. The fraction of sp³-hybridized carbons (Fsp3) is 0.333. The fourth-order valence-corrected chi connectivity index (χ4v) is 3.82. The Labute approximate surface area is 124 Å². The highest BCUT2D eigenvalue weighted by atomic mass is 32.2. The summed E-state index contributed by atoms with van der Waals surface area (Å²) in [6, 6.07) is 8.88. The summed E-state index contributed by atoms with van der Waals surface area (Å²) < 4.78 is 22.7. The van der Waals surface area contributed by atoms with Gasteiger partial charge in [-0.1, -0.05) is 29.8 Å². The van der Waals surface area contributed by atoms with E-state index in [0.717, 1.165) is 11.1 Å². The molecule has 110 valence electrons. The van der Waals surface area contributed by atoms with Crippen LogP contribution in [0.2, 0.25) is 0 Å². The zero-order chi connectivity index (χ0) is 15.5. The number of nitrogens with zero attached hydrogens (tertiary/aromatic N) is 1. The van der Waals surface area contributed by atoms with Crippen LogP contribution in [0.1, 0.15) is 17.5 Å². The van der Waals surface area contributed by atoms with Crippen molar-refractivity contribution >= 4 is 21.8 Å². The van der Waals surface area contributed by atoms with Crippen LogP contribution in [0.4, 0.5) is 0 Å². The lowest BCUT2D eigenvalue weighted by Gasteiger charge is -2.09. The third kappa shape index (κ3) is 4.17. The fourth-order valence-electron chi connectivity index (χ4n) is 2.15. The molecule has 0 spiro atoms. The van der Waals surface area contributed by atoms with Gasteiger partial charge in [-0.2, -0.15) is 5.26 Å². The summed E-state index contributed by atoms with van der Waals surface area (Å²) in [6.45, 7) is 1.95. The highest BCUT2D eigenvalue weighted by Crippen LogP contribution is 2.13. The quantitative estimate of drug-likeness (QED) is 0.671. The summed E-state index contributed by atoms with van der Waals surface area (Å²) in [5.74, 6) is -0.496. The summed E-state index contributed by atoms with van der Waals surface area (Å²) in [7, 11) is -3.05. The number of hydrogen-bond donors (Lipinski definition) is 1. The number of sulfone groups is 1. The van der Waals surface area contributed by atoms with Gasteiger partial charge in [0.2, 0.25) is 0 Å². The van der Waals surface area contributed by atoms with Crippen LogP contribution in [0.25, 0.3) is 6.08 Å². The Morgan fingerprint density at radius 1 is 1.38 bits per heavy atom. The van der Waals surface area contributed by atoms with Crippen molar-refractivity contribution in [2.24, 2.45) is 0 Å². The minimum Gasteiger partial charge on any atom is -0.348 e. The van der Waals surface area contributed by atoms with Gasteiger partial charge in [0, 0.05) is 6.04 Å². The van der Waals surface area contributed by atoms with E-state index in [9.17, 15) is 13.2 Å². The molecule has 2 rings (SSSR count). The van der Waals surface area contributed by atoms with E-state index in [0.29, 0.717) is 6.42 Å². The van der Waals surface area contributed by atoms with E-state index in [1.165, 1.54) is 6.08 Å². The van der Waals surface area contributed by atoms with Gasteiger partial charge in [-0.3, -0.25) is 4.79 Å². The van der Waals surface area contributed by atoms with Gasteiger partial charge in [0.25, 0.3) is 5.91 Å². The minimum absolute atomic E-state index is 0.0249. The molecule has 1 heterocycles. The average molecular weight is 304 g/mol. The molecule has 1 aromatic rings. The molecule has 5 nitrogen and oxygen atoms in total. The maximum atomic E-state index is 12.0. The molecule has 1 unspecified atom stereocenters. The van der Waals surface area contributed by atoms with Crippen molar-refractivity contribution in [2.75, 3.05) is 11.5 Å². The number of benzene rings is 1. The molecule has 1 aliphatic rings. The predicted molar refractivity (Wildman–Crippen MR) is 80.0 cm³/mol. The topological polar surface area (TPSA) is 87.0 Å². The molecule has 1 atom stereocenters. The van der Waals surface area contributed by atoms with E-state index in [-0.39, 0.29) is 17.1 Å². The van der Waals surface area contributed by atoms with Crippen LogP contribution >= 0.6 is 0 Å². The standard InChI is InChI=1S/C15H16N2O3S/c1-11-2-4-12(5-3-11)8-13(9-16)15(18)17-14-6-7-21(19,20)10-14/h2-5,8,14H,6-7,10H2,1H3,(H,17,18). The molecular formula is C15H16N2O3S. The van der Waals surface area contributed by atoms with Crippen molar-refractivity contribution in [2.45, 2.75) is 19.4 Å². The summed E-state index contributed by atoms with van der Waals surface area (Å²) in [5, 5.41) is 11.7. The molecule has 1 saturated heterocycles. The van der Waals surface area contributed by atoms with E-state index in [1.54, 1.807) is 0 Å². The van der Waals surface area contributed by atoms with Gasteiger partial charge < -0.3 is 5.32 Å². The number of rotatable bonds is 3. The first kappa shape index (κ1) is 15.3. The molecule has 0 radical (unpaired) electrons. The smallest absolute Gasteiger partial charge is 0.262 e. The van der Waals surface area contributed by atoms with Gasteiger partial charge in [0.15, 0.2) is 9.84 Å². The zero-order valence-corrected chi connectivity index (χ0v) is 12.5. The average Bonchev–Trinajstić information content (AvgIpc) is 2.77. The van der Waals surface area contributed by atoms with Crippen LogP contribution in [0.5, 0.6) is 0 Å². The Morgan fingerprint density at radius 3 is 2.57 bits per heavy atom. The Balaban J connectivity index is 2.09. The van der Waals surface area contributed by atoms with E-state index < -0.39 is 21.8 Å². The van der Waals surface area contributed by atoms with Crippen molar-refractivity contribution in [3.63, 3.8) is 0 Å². The highest BCUT2D eigenvalue weighted by molar-refractivity contribution is 7.91. The molecule has 1 fully saturated rings. The second-order valence-electron chi connectivity index (χ2n) is 5.15.